The molecule has 28 heavy (non-hydrogen) atoms. The van der Waals surface area contributed by atoms with E-state index in [1.54, 1.807) is 26.1 Å². The third-order valence-corrected chi connectivity index (χ3v) is 6.31. The average Bonchev–Trinajstić information content (AvgIpc) is 2.64. The van der Waals surface area contributed by atoms with Crippen LogP contribution in [0.2, 0.25) is 0 Å². The van der Waals surface area contributed by atoms with Gasteiger partial charge >= 0.3 is 15.5 Å². The molecule has 1 aliphatic heterocycles. The summed E-state index contributed by atoms with van der Waals surface area (Å²) in [5.74, 6) is 0.212. The fraction of sp³-hybridized carbons (Fsp3) is 0.588. The van der Waals surface area contributed by atoms with Crippen LogP contribution in [0.1, 0.15) is 24.0 Å². The molecule has 0 unspecified atom stereocenters. The normalized spacial score (nSPS) is 17.6. The lowest BCUT2D eigenvalue weighted by atomic mass is 9.98. The predicted octanol–water partition coefficient (Wildman–Crippen LogP) is 2.36. The molecule has 2 rings (SSSR count). The van der Waals surface area contributed by atoms with E-state index >= 15 is 0 Å². The number of alkyl halides is 3. The topological polar surface area (TPSA) is 73.8 Å². The summed E-state index contributed by atoms with van der Waals surface area (Å²) in [7, 11) is -3.69. The van der Waals surface area contributed by atoms with Gasteiger partial charge in [0, 0.05) is 33.2 Å². The Bertz CT molecular complexity index is 804. The molecule has 1 aromatic rings. The number of piperidine rings is 1. The molecule has 0 aliphatic carbocycles. The van der Waals surface area contributed by atoms with E-state index < -0.39 is 15.5 Å². The van der Waals surface area contributed by atoms with Gasteiger partial charge in [-0.1, -0.05) is 12.1 Å². The van der Waals surface area contributed by atoms with Gasteiger partial charge in [-0.15, -0.1) is 0 Å². The molecule has 0 aromatic heterocycles. The Morgan fingerprint density at radius 3 is 2.43 bits per heavy atom. The summed E-state index contributed by atoms with van der Waals surface area (Å²) in [5.41, 5.74) is -3.96. The number of hydrogen-bond donors (Lipinski definition) is 2. The molecule has 1 fully saturated rings. The van der Waals surface area contributed by atoms with Crippen molar-refractivity contribution in [2.24, 2.45) is 10.9 Å². The van der Waals surface area contributed by atoms with Gasteiger partial charge in [-0.05, 0) is 42.9 Å². The fourth-order valence-corrected chi connectivity index (χ4v) is 3.88. The molecule has 0 bridgehead atoms. The van der Waals surface area contributed by atoms with E-state index in [0.717, 1.165) is 5.56 Å². The number of nitrogens with zero attached hydrogens (tertiary/aromatic N) is 2. The summed E-state index contributed by atoms with van der Waals surface area (Å²) >= 11 is 0. The van der Waals surface area contributed by atoms with Gasteiger partial charge in [0.15, 0.2) is 5.96 Å². The number of nitrogens with one attached hydrogen (secondary N) is 2. The molecule has 0 radical (unpaired) electrons. The maximum Gasteiger partial charge on any atom is 0.511 e. The quantitative estimate of drug-likeness (QED) is 0.432. The zero-order valence-electron chi connectivity index (χ0n) is 15.7. The zero-order valence-corrected chi connectivity index (χ0v) is 16.5. The van der Waals surface area contributed by atoms with Gasteiger partial charge in [0.2, 0.25) is 0 Å². The van der Waals surface area contributed by atoms with Crippen LogP contribution in [-0.4, -0.2) is 50.9 Å². The van der Waals surface area contributed by atoms with Crippen LogP contribution in [0.4, 0.5) is 17.6 Å². The van der Waals surface area contributed by atoms with Gasteiger partial charge in [0.05, 0.1) is 0 Å². The summed E-state index contributed by atoms with van der Waals surface area (Å²) in [6.45, 7) is 2.16. The minimum absolute atomic E-state index is 0.0232. The lowest BCUT2D eigenvalue weighted by Gasteiger charge is -2.31. The molecular formula is C17H24F4N4O2S. The highest BCUT2D eigenvalue weighted by molar-refractivity contribution is 7.90. The molecule has 0 saturated carbocycles. The number of halogens is 4. The molecule has 0 amide bonds. The van der Waals surface area contributed by atoms with Crippen molar-refractivity contribution in [3.05, 3.63) is 35.1 Å². The summed E-state index contributed by atoms with van der Waals surface area (Å²) < 4.78 is 74.7. The van der Waals surface area contributed by atoms with Crippen LogP contribution in [0.5, 0.6) is 0 Å². The first kappa shape index (κ1) is 22.4. The monoisotopic (exact) mass is 424 g/mol. The summed E-state index contributed by atoms with van der Waals surface area (Å²) in [5, 5.41) is 6.12. The Hall–Kier alpha value is -1.88. The minimum Gasteiger partial charge on any atom is -0.356 e. The van der Waals surface area contributed by atoms with Crippen molar-refractivity contribution in [2.75, 3.05) is 26.7 Å². The highest BCUT2D eigenvalue weighted by atomic mass is 32.2. The first-order valence-electron chi connectivity index (χ1n) is 8.80. The number of hydrogen-bond acceptors (Lipinski definition) is 3. The molecule has 1 aromatic carbocycles. The molecule has 1 heterocycles. The average molecular weight is 424 g/mol. The van der Waals surface area contributed by atoms with Gasteiger partial charge in [-0.2, -0.15) is 17.5 Å². The van der Waals surface area contributed by atoms with Gasteiger partial charge < -0.3 is 10.6 Å². The molecule has 0 atom stereocenters. The Morgan fingerprint density at radius 1 is 1.25 bits per heavy atom. The van der Waals surface area contributed by atoms with Crippen molar-refractivity contribution < 1.29 is 26.0 Å². The lowest BCUT2D eigenvalue weighted by molar-refractivity contribution is -0.0496. The second kappa shape index (κ2) is 9.08. The van der Waals surface area contributed by atoms with Crippen LogP contribution in [0.15, 0.2) is 23.2 Å². The number of sulfonamides is 1. The Labute approximate surface area is 162 Å². The summed E-state index contributed by atoms with van der Waals surface area (Å²) in [4.78, 5) is 4.06. The molecule has 11 heteroatoms. The largest absolute Gasteiger partial charge is 0.511 e. The van der Waals surface area contributed by atoms with Crippen LogP contribution >= 0.6 is 0 Å². The first-order valence-corrected chi connectivity index (χ1v) is 10.2. The second-order valence-corrected chi connectivity index (χ2v) is 8.61. The van der Waals surface area contributed by atoms with Crippen molar-refractivity contribution in [3.63, 3.8) is 0 Å². The van der Waals surface area contributed by atoms with E-state index in [0.29, 0.717) is 41.8 Å². The van der Waals surface area contributed by atoms with Crippen LogP contribution < -0.4 is 10.6 Å². The maximum absolute atomic E-state index is 13.6. The highest BCUT2D eigenvalue weighted by Crippen LogP contribution is 2.30. The van der Waals surface area contributed by atoms with Crippen molar-refractivity contribution in [1.29, 1.82) is 0 Å². The molecule has 158 valence electrons. The number of aliphatic imine (C=N–C) groups is 1. The number of guanidine groups is 1. The van der Waals surface area contributed by atoms with Gasteiger partial charge in [0.1, 0.15) is 5.82 Å². The molecule has 1 aliphatic rings. The Morgan fingerprint density at radius 2 is 1.89 bits per heavy atom. The van der Waals surface area contributed by atoms with Crippen LogP contribution in [0.25, 0.3) is 0 Å². The second-order valence-electron chi connectivity index (χ2n) is 6.68. The fourth-order valence-electron chi connectivity index (χ4n) is 2.89. The zero-order chi connectivity index (χ0) is 20.9. The third-order valence-electron chi connectivity index (χ3n) is 4.68. The molecule has 1 saturated heterocycles. The van der Waals surface area contributed by atoms with E-state index in [9.17, 15) is 26.0 Å². The summed E-state index contributed by atoms with van der Waals surface area (Å²) in [6, 6.07) is 4.92. The van der Waals surface area contributed by atoms with E-state index in [-0.39, 0.29) is 24.8 Å². The molecule has 2 N–H and O–H groups in total. The lowest BCUT2D eigenvalue weighted by Crippen LogP contribution is -2.47. The van der Waals surface area contributed by atoms with Crippen molar-refractivity contribution >= 4 is 16.0 Å². The first-order chi connectivity index (χ1) is 13.0. The predicted molar refractivity (Wildman–Crippen MR) is 98.6 cm³/mol. The summed E-state index contributed by atoms with van der Waals surface area (Å²) in [6.07, 6.45) is 0.644. The maximum atomic E-state index is 13.6. The Kier molecular flexibility index (Phi) is 7.27. The standard InChI is InChI=1S/C17H24F4N4O2S/c1-12-3-4-14(9-15(12)18)11-24-16(22-2)23-10-13-5-7-25(8-6-13)28(26,27)17(19,20)21/h3-4,9,13H,5-8,10-11H2,1-2H3,(H2,22,23,24). The number of aryl methyl sites for hydroxylation is 1. The Balaban J connectivity index is 1.79. The van der Waals surface area contributed by atoms with E-state index in [1.165, 1.54) is 6.07 Å². The molecule has 0 spiro atoms. The molecule has 6 nitrogen and oxygen atoms in total. The minimum atomic E-state index is -5.26. The van der Waals surface area contributed by atoms with E-state index in [4.69, 9.17) is 0 Å². The smallest absolute Gasteiger partial charge is 0.356 e. The van der Waals surface area contributed by atoms with Crippen molar-refractivity contribution in [1.82, 2.24) is 14.9 Å². The van der Waals surface area contributed by atoms with Crippen molar-refractivity contribution in [2.45, 2.75) is 31.8 Å². The van der Waals surface area contributed by atoms with Gasteiger partial charge in [-0.25, -0.2) is 12.8 Å². The van der Waals surface area contributed by atoms with Gasteiger partial charge in [-0.3, -0.25) is 4.99 Å². The van der Waals surface area contributed by atoms with Gasteiger partial charge in [0.25, 0.3) is 0 Å². The van der Waals surface area contributed by atoms with E-state index in [2.05, 4.69) is 15.6 Å². The highest BCUT2D eigenvalue weighted by Gasteiger charge is 2.50. The number of rotatable bonds is 5. The van der Waals surface area contributed by atoms with Crippen LogP contribution in [0, 0.1) is 18.7 Å². The van der Waals surface area contributed by atoms with Crippen LogP contribution in [0.3, 0.4) is 0 Å². The number of benzene rings is 1. The SMILES string of the molecule is CN=C(NCc1ccc(C)c(F)c1)NCC1CCN(S(=O)(=O)C(F)(F)F)CC1. The molecular weight excluding hydrogens is 400 g/mol. The third kappa shape index (κ3) is 5.57. The van der Waals surface area contributed by atoms with Crippen molar-refractivity contribution in [3.8, 4) is 0 Å². The van der Waals surface area contributed by atoms with E-state index in [1.807, 2.05) is 0 Å². The van der Waals surface area contributed by atoms with Crippen LogP contribution in [-0.2, 0) is 16.6 Å².